The normalized spacial score (nSPS) is 20.5. The summed E-state index contributed by atoms with van der Waals surface area (Å²) in [7, 11) is 0. The molecule has 3 rings (SSSR count). The van der Waals surface area contributed by atoms with Crippen molar-refractivity contribution in [3.05, 3.63) is 73.1 Å². The van der Waals surface area contributed by atoms with E-state index in [1.807, 2.05) is 40.8 Å². The van der Waals surface area contributed by atoms with E-state index in [0.717, 1.165) is 37.8 Å². The second-order valence-electron chi connectivity index (χ2n) is 7.47. The van der Waals surface area contributed by atoms with Gasteiger partial charge < -0.3 is 5.32 Å². The van der Waals surface area contributed by atoms with Gasteiger partial charge in [0.1, 0.15) is 0 Å². The van der Waals surface area contributed by atoms with Crippen molar-refractivity contribution in [1.29, 1.82) is 0 Å². The summed E-state index contributed by atoms with van der Waals surface area (Å²) in [6, 6.07) is 14.2. The molecule has 28 heavy (non-hydrogen) atoms. The number of nitrogens with one attached hydrogen (secondary N) is 1. The molecule has 1 aliphatic carbocycles. The fraction of sp³-hybridized carbons (Fsp3) is 0.391. The minimum Gasteiger partial charge on any atom is -0.326 e. The Kier molecular flexibility index (Phi) is 7.63. The zero-order valence-corrected chi connectivity index (χ0v) is 16.9. The Morgan fingerprint density at radius 3 is 2.50 bits per heavy atom. The average Bonchev–Trinajstić information content (AvgIpc) is 2.73. The summed E-state index contributed by atoms with van der Waals surface area (Å²) >= 11 is 6.70. The van der Waals surface area contributed by atoms with Crippen LogP contribution in [0.2, 0.25) is 0 Å². The Morgan fingerprint density at radius 1 is 1.18 bits per heavy atom. The van der Waals surface area contributed by atoms with Gasteiger partial charge in [0, 0.05) is 36.6 Å². The van der Waals surface area contributed by atoms with Gasteiger partial charge >= 0.3 is 0 Å². The van der Waals surface area contributed by atoms with Gasteiger partial charge in [0.15, 0.2) is 0 Å². The molecule has 0 bridgehead atoms. The number of carbonyl (C=O) groups is 1. The van der Waals surface area contributed by atoms with Crippen LogP contribution in [-0.2, 0) is 11.3 Å². The molecule has 0 aliphatic heterocycles. The molecule has 0 radical (unpaired) electrons. The number of pyridine rings is 1. The summed E-state index contributed by atoms with van der Waals surface area (Å²) in [5, 5.41) is 3.00. The molecule has 1 saturated carbocycles. The number of halogens is 1. The van der Waals surface area contributed by atoms with Crippen molar-refractivity contribution in [2.45, 2.75) is 44.7 Å². The summed E-state index contributed by atoms with van der Waals surface area (Å²) in [4.78, 5) is 16.5. The van der Waals surface area contributed by atoms with Gasteiger partial charge in [-0.05, 0) is 67.5 Å². The van der Waals surface area contributed by atoms with Crippen LogP contribution in [0, 0.1) is 11.8 Å². The largest absolute Gasteiger partial charge is 0.326 e. The van der Waals surface area contributed by atoms with Crippen LogP contribution < -0.4 is 5.32 Å². The molecule has 1 amide bonds. The third kappa shape index (κ3) is 5.66. The Hall–Kier alpha value is -2.17. The molecule has 2 aromatic rings. The highest BCUT2D eigenvalue weighted by Crippen LogP contribution is 2.35. The standard InChI is InChI=1S/C23H28ClN3O/c1-2-6-22(27(24)17-18-7-4-3-5-8-18)19-9-11-20(12-10-19)23(28)26-21-13-15-25-16-14-21/h2-5,7-8,13-16,19-20,22H,1,6,9-12,17H2,(H,25,26,28). The Morgan fingerprint density at radius 2 is 1.86 bits per heavy atom. The summed E-state index contributed by atoms with van der Waals surface area (Å²) < 4.78 is 1.93. The van der Waals surface area contributed by atoms with Crippen LogP contribution in [0.25, 0.3) is 0 Å². The fourth-order valence-electron chi connectivity index (χ4n) is 4.03. The van der Waals surface area contributed by atoms with Crippen LogP contribution in [0.15, 0.2) is 67.5 Å². The van der Waals surface area contributed by atoms with E-state index in [2.05, 4.69) is 29.0 Å². The monoisotopic (exact) mass is 397 g/mol. The molecule has 1 aromatic carbocycles. The first kappa shape index (κ1) is 20.6. The molecule has 0 spiro atoms. The van der Waals surface area contributed by atoms with Crippen LogP contribution in [0.3, 0.4) is 0 Å². The summed E-state index contributed by atoms with van der Waals surface area (Å²) in [6.45, 7) is 4.63. The molecule has 1 fully saturated rings. The van der Waals surface area contributed by atoms with E-state index in [-0.39, 0.29) is 17.9 Å². The molecule has 1 aliphatic rings. The van der Waals surface area contributed by atoms with Gasteiger partial charge in [-0.1, -0.05) is 36.4 Å². The van der Waals surface area contributed by atoms with E-state index >= 15 is 0 Å². The van der Waals surface area contributed by atoms with Crippen molar-refractivity contribution >= 4 is 23.4 Å². The topological polar surface area (TPSA) is 45.2 Å². The van der Waals surface area contributed by atoms with Crippen LogP contribution >= 0.6 is 11.8 Å². The van der Waals surface area contributed by atoms with E-state index in [0.29, 0.717) is 12.5 Å². The third-order valence-electron chi connectivity index (χ3n) is 5.58. The molecule has 4 nitrogen and oxygen atoms in total. The van der Waals surface area contributed by atoms with Gasteiger partial charge in [-0.2, -0.15) is 0 Å². The van der Waals surface area contributed by atoms with Crippen molar-refractivity contribution in [2.75, 3.05) is 5.32 Å². The van der Waals surface area contributed by atoms with Crippen LogP contribution in [-0.4, -0.2) is 21.4 Å². The lowest BCUT2D eigenvalue weighted by atomic mass is 9.77. The summed E-state index contributed by atoms with van der Waals surface area (Å²) in [6.07, 6.45) is 9.98. The quantitative estimate of drug-likeness (QED) is 0.477. The van der Waals surface area contributed by atoms with E-state index in [1.54, 1.807) is 12.4 Å². The number of hydrogen-bond acceptors (Lipinski definition) is 3. The van der Waals surface area contributed by atoms with Crippen LogP contribution in [0.4, 0.5) is 5.69 Å². The average molecular weight is 398 g/mol. The van der Waals surface area contributed by atoms with Gasteiger partial charge in [-0.15, -0.1) is 6.58 Å². The van der Waals surface area contributed by atoms with Crippen molar-refractivity contribution in [2.24, 2.45) is 11.8 Å². The predicted octanol–water partition coefficient (Wildman–Crippen LogP) is 5.43. The van der Waals surface area contributed by atoms with Crippen molar-refractivity contribution in [1.82, 2.24) is 9.40 Å². The second kappa shape index (κ2) is 10.4. The number of hydrogen-bond donors (Lipinski definition) is 1. The Labute approximate surface area is 172 Å². The highest BCUT2D eigenvalue weighted by Gasteiger charge is 2.32. The minimum atomic E-state index is 0.0618. The maximum atomic E-state index is 12.6. The number of carbonyl (C=O) groups excluding carboxylic acids is 1. The minimum absolute atomic E-state index is 0.0618. The lowest BCUT2D eigenvalue weighted by molar-refractivity contribution is -0.121. The van der Waals surface area contributed by atoms with Gasteiger partial charge in [-0.25, -0.2) is 4.42 Å². The van der Waals surface area contributed by atoms with Crippen LogP contribution in [0.5, 0.6) is 0 Å². The van der Waals surface area contributed by atoms with E-state index in [9.17, 15) is 4.79 Å². The van der Waals surface area contributed by atoms with Gasteiger partial charge in [0.05, 0.1) is 0 Å². The zero-order chi connectivity index (χ0) is 19.8. The number of rotatable bonds is 8. The number of benzene rings is 1. The van der Waals surface area contributed by atoms with Crippen LogP contribution in [0.1, 0.15) is 37.7 Å². The first-order valence-electron chi connectivity index (χ1n) is 9.95. The molecule has 1 N–H and O–H groups in total. The van der Waals surface area contributed by atoms with Gasteiger partial charge in [-0.3, -0.25) is 9.78 Å². The number of aromatic nitrogens is 1. The highest BCUT2D eigenvalue weighted by atomic mass is 35.5. The van der Waals surface area contributed by atoms with Gasteiger partial charge in [0.2, 0.25) is 5.91 Å². The third-order valence-corrected chi connectivity index (χ3v) is 5.95. The maximum Gasteiger partial charge on any atom is 0.227 e. The molecular formula is C23H28ClN3O. The number of anilines is 1. The molecule has 1 heterocycles. The first-order valence-corrected chi connectivity index (χ1v) is 10.3. The first-order chi connectivity index (χ1) is 13.7. The predicted molar refractivity (Wildman–Crippen MR) is 115 cm³/mol. The molecule has 5 heteroatoms. The second-order valence-corrected chi connectivity index (χ2v) is 7.91. The summed E-state index contributed by atoms with van der Waals surface area (Å²) in [5.74, 6) is 0.646. The highest BCUT2D eigenvalue weighted by molar-refractivity contribution is 6.13. The Balaban J connectivity index is 1.54. The van der Waals surface area contributed by atoms with Crippen molar-refractivity contribution < 1.29 is 4.79 Å². The Bertz CT molecular complexity index is 745. The fourth-order valence-corrected chi connectivity index (χ4v) is 4.40. The molecule has 1 aromatic heterocycles. The zero-order valence-electron chi connectivity index (χ0n) is 16.1. The molecule has 1 atom stereocenters. The van der Waals surface area contributed by atoms with Crippen molar-refractivity contribution in [3.8, 4) is 0 Å². The van der Waals surface area contributed by atoms with Crippen molar-refractivity contribution in [3.63, 3.8) is 0 Å². The summed E-state index contributed by atoms with van der Waals surface area (Å²) in [5.41, 5.74) is 2.01. The van der Waals surface area contributed by atoms with E-state index in [1.165, 1.54) is 5.56 Å². The maximum absolute atomic E-state index is 12.6. The van der Waals surface area contributed by atoms with E-state index in [4.69, 9.17) is 11.8 Å². The number of nitrogens with zero attached hydrogens (tertiary/aromatic N) is 2. The number of amides is 1. The van der Waals surface area contributed by atoms with E-state index < -0.39 is 0 Å². The molecular weight excluding hydrogens is 370 g/mol. The SMILES string of the molecule is C=CCC(C1CCC(C(=O)Nc2ccncc2)CC1)N(Cl)Cc1ccccc1. The molecule has 148 valence electrons. The smallest absolute Gasteiger partial charge is 0.227 e. The molecule has 1 unspecified atom stereocenters. The van der Waals surface area contributed by atoms with Gasteiger partial charge in [0.25, 0.3) is 0 Å². The lowest BCUT2D eigenvalue weighted by Crippen LogP contribution is -2.37. The molecule has 0 saturated heterocycles. The lowest BCUT2D eigenvalue weighted by Gasteiger charge is -2.36.